The molecular weight excluding hydrogens is 320 g/mol. The van der Waals surface area contributed by atoms with E-state index in [4.69, 9.17) is 14.6 Å². The first kappa shape index (κ1) is 18.5. The van der Waals surface area contributed by atoms with Crippen LogP contribution in [0.2, 0.25) is 0 Å². The van der Waals surface area contributed by atoms with Crippen molar-refractivity contribution < 1.29 is 19.4 Å². The van der Waals surface area contributed by atoms with Crippen LogP contribution in [0.3, 0.4) is 0 Å². The lowest BCUT2D eigenvalue weighted by Gasteiger charge is -2.16. The summed E-state index contributed by atoms with van der Waals surface area (Å²) < 4.78 is 10.7. The van der Waals surface area contributed by atoms with Crippen LogP contribution in [-0.4, -0.2) is 36.3 Å². The van der Waals surface area contributed by atoms with E-state index in [0.29, 0.717) is 11.5 Å². The van der Waals surface area contributed by atoms with Crippen LogP contribution in [0.15, 0.2) is 48.8 Å². The highest BCUT2D eigenvalue weighted by molar-refractivity contribution is 5.91. The molecule has 1 unspecified atom stereocenters. The molecular formula is C19H22N2O4. The Bertz CT molecular complexity index is 717. The Morgan fingerprint density at radius 1 is 1.36 bits per heavy atom. The summed E-state index contributed by atoms with van der Waals surface area (Å²) in [6.45, 7) is 2.01. The minimum atomic E-state index is -0.202. The van der Waals surface area contributed by atoms with Gasteiger partial charge in [0.05, 0.1) is 19.8 Å². The fraction of sp³-hybridized carbons (Fsp3) is 0.263. The summed E-state index contributed by atoms with van der Waals surface area (Å²) in [6, 6.07) is 8.90. The summed E-state index contributed by atoms with van der Waals surface area (Å²) in [7, 11) is 1.55. The maximum Gasteiger partial charge on any atom is 0.244 e. The number of ether oxygens (including phenoxy) is 2. The number of methoxy groups -OCH3 is 1. The number of nitrogens with one attached hydrogen (secondary N) is 1. The number of nitrogens with zero attached hydrogens (tertiary/aromatic N) is 1. The quantitative estimate of drug-likeness (QED) is 0.720. The van der Waals surface area contributed by atoms with Crippen molar-refractivity contribution >= 4 is 12.0 Å². The molecule has 2 rings (SSSR count). The van der Waals surface area contributed by atoms with Gasteiger partial charge in [0.2, 0.25) is 5.91 Å². The zero-order valence-corrected chi connectivity index (χ0v) is 14.3. The molecule has 0 aliphatic carbocycles. The zero-order valence-electron chi connectivity index (χ0n) is 14.3. The van der Waals surface area contributed by atoms with Crippen molar-refractivity contribution in [3.63, 3.8) is 0 Å². The van der Waals surface area contributed by atoms with Crippen molar-refractivity contribution in [2.75, 3.05) is 20.3 Å². The minimum absolute atomic E-state index is 0.0688. The van der Waals surface area contributed by atoms with E-state index in [0.717, 1.165) is 11.1 Å². The maximum atomic E-state index is 12.1. The number of amides is 1. The SMILES string of the molecule is COc1cc(C(C)NC(=O)/C=C/c2cccnc2)ccc1OCCO. The Balaban J connectivity index is 2.01. The number of rotatable bonds is 8. The summed E-state index contributed by atoms with van der Waals surface area (Å²) in [5, 5.41) is 11.7. The van der Waals surface area contributed by atoms with Gasteiger partial charge in [-0.1, -0.05) is 12.1 Å². The standard InChI is InChI=1S/C19H22N2O4/c1-14(21-19(23)8-5-15-4-3-9-20-13-15)16-6-7-17(25-11-10-22)18(12-16)24-2/h3-9,12-14,22H,10-11H2,1-2H3,(H,21,23)/b8-5+. The molecule has 0 fully saturated rings. The van der Waals surface area contributed by atoms with E-state index >= 15 is 0 Å². The third-order valence-corrected chi connectivity index (χ3v) is 3.51. The number of hydrogen-bond acceptors (Lipinski definition) is 5. The highest BCUT2D eigenvalue weighted by atomic mass is 16.5. The number of carbonyl (C=O) groups is 1. The highest BCUT2D eigenvalue weighted by Crippen LogP contribution is 2.30. The summed E-state index contributed by atoms with van der Waals surface area (Å²) >= 11 is 0. The second-order valence-corrected chi connectivity index (χ2v) is 5.33. The third-order valence-electron chi connectivity index (χ3n) is 3.51. The maximum absolute atomic E-state index is 12.1. The van der Waals surface area contributed by atoms with Crippen molar-refractivity contribution in [2.45, 2.75) is 13.0 Å². The Morgan fingerprint density at radius 3 is 2.88 bits per heavy atom. The molecule has 0 spiro atoms. The van der Waals surface area contributed by atoms with E-state index in [9.17, 15) is 4.79 Å². The summed E-state index contributed by atoms with van der Waals surface area (Å²) in [5.41, 5.74) is 1.74. The topological polar surface area (TPSA) is 80.7 Å². The Kier molecular flexibility index (Phi) is 6.98. The van der Waals surface area contributed by atoms with Crippen LogP contribution < -0.4 is 14.8 Å². The van der Waals surface area contributed by atoms with Gasteiger partial charge in [-0.3, -0.25) is 9.78 Å². The minimum Gasteiger partial charge on any atom is -0.493 e. The Labute approximate surface area is 147 Å². The monoisotopic (exact) mass is 342 g/mol. The van der Waals surface area contributed by atoms with Crippen LogP contribution in [0, 0.1) is 0 Å². The van der Waals surface area contributed by atoms with Crippen molar-refractivity contribution in [3.8, 4) is 11.5 Å². The van der Waals surface area contributed by atoms with Crippen LogP contribution in [-0.2, 0) is 4.79 Å². The predicted octanol–water partition coefficient (Wildman–Crippen LogP) is 2.35. The molecule has 0 saturated heterocycles. The van der Waals surface area contributed by atoms with Gasteiger partial charge >= 0.3 is 0 Å². The van der Waals surface area contributed by atoms with E-state index in [1.165, 1.54) is 6.08 Å². The molecule has 132 valence electrons. The number of aliphatic hydroxyl groups excluding tert-OH is 1. The molecule has 0 saturated carbocycles. The first-order chi connectivity index (χ1) is 12.1. The molecule has 25 heavy (non-hydrogen) atoms. The van der Waals surface area contributed by atoms with Crippen molar-refractivity contribution in [3.05, 3.63) is 59.9 Å². The van der Waals surface area contributed by atoms with Gasteiger partial charge in [0.1, 0.15) is 6.61 Å². The number of pyridine rings is 1. The van der Waals surface area contributed by atoms with Gasteiger partial charge in [0, 0.05) is 18.5 Å². The van der Waals surface area contributed by atoms with Gasteiger partial charge in [0.15, 0.2) is 11.5 Å². The molecule has 1 aromatic carbocycles. The molecule has 0 bridgehead atoms. The number of benzene rings is 1. The van der Waals surface area contributed by atoms with Gasteiger partial charge in [0.25, 0.3) is 0 Å². The molecule has 0 aliphatic heterocycles. The molecule has 2 aromatic rings. The largest absolute Gasteiger partial charge is 0.493 e. The predicted molar refractivity (Wildman–Crippen MR) is 95.4 cm³/mol. The van der Waals surface area contributed by atoms with E-state index in [1.54, 1.807) is 31.6 Å². The van der Waals surface area contributed by atoms with Gasteiger partial charge in [-0.25, -0.2) is 0 Å². The molecule has 6 heteroatoms. The number of hydrogen-bond donors (Lipinski definition) is 2. The zero-order chi connectivity index (χ0) is 18.1. The average molecular weight is 342 g/mol. The lowest BCUT2D eigenvalue weighted by atomic mass is 10.1. The lowest BCUT2D eigenvalue weighted by molar-refractivity contribution is -0.117. The number of carbonyl (C=O) groups excluding carboxylic acids is 1. The first-order valence-corrected chi connectivity index (χ1v) is 7.94. The van der Waals surface area contributed by atoms with Crippen LogP contribution in [0.25, 0.3) is 6.08 Å². The third kappa shape index (κ3) is 5.61. The fourth-order valence-corrected chi connectivity index (χ4v) is 2.22. The smallest absolute Gasteiger partial charge is 0.244 e. The van der Waals surface area contributed by atoms with E-state index in [-0.39, 0.29) is 25.2 Å². The molecule has 1 heterocycles. The van der Waals surface area contributed by atoms with E-state index in [2.05, 4.69) is 10.3 Å². The van der Waals surface area contributed by atoms with Crippen molar-refractivity contribution in [1.29, 1.82) is 0 Å². The van der Waals surface area contributed by atoms with Crippen molar-refractivity contribution in [2.24, 2.45) is 0 Å². The normalized spacial score (nSPS) is 12.0. The van der Waals surface area contributed by atoms with Crippen molar-refractivity contribution in [1.82, 2.24) is 10.3 Å². The molecule has 0 radical (unpaired) electrons. The van der Waals surface area contributed by atoms with Crippen LogP contribution in [0.1, 0.15) is 24.1 Å². The van der Waals surface area contributed by atoms with Crippen LogP contribution in [0.5, 0.6) is 11.5 Å². The molecule has 0 aliphatic rings. The van der Waals surface area contributed by atoms with Crippen LogP contribution in [0.4, 0.5) is 0 Å². The number of aromatic nitrogens is 1. The van der Waals surface area contributed by atoms with Gasteiger partial charge < -0.3 is 19.9 Å². The fourth-order valence-electron chi connectivity index (χ4n) is 2.22. The Morgan fingerprint density at radius 2 is 2.20 bits per heavy atom. The van der Waals surface area contributed by atoms with Crippen LogP contribution >= 0.6 is 0 Å². The summed E-state index contributed by atoms with van der Waals surface area (Å²) in [5.74, 6) is 0.907. The van der Waals surface area contributed by atoms with Gasteiger partial charge in [-0.15, -0.1) is 0 Å². The highest BCUT2D eigenvalue weighted by Gasteiger charge is 2.12. The second-order valence-electron chi connectivity index (χ2n) is 5.33. The Hall–Kier alpha value is -2.86. The number of aliphatic hydroxyl groups is 1. The molecule has 2 N–H and O–H groups in total. The summed E-state index contributed by atoms with van der Waals surface area (Å²) in [6.07, 6.45) is 6.55. The van der Waals surface area contributed by atoms with Gasteiger partial charge in [-0.2, -0.15) is 0 Å². The molecule has 1 amide bonds. The molecule has 1 atom stereocenters. The summed E-state index contributed by atoms with van der Waals surface area (Å²) in [4.78, 5) is 16.1. The van der Waals surface area contributed by atoms with Gasteiger partial charge in [-0.05, 0) is 42.3 Å². The molecule has 1 aromatic heterocycles. The van der Waals surface area contributed by atoms with E-state index < -0.39 is 0 Å². The average Bonchev–Trinajstić information content (AvgIpc) is 2.65. The lowest BCUT2D eigenvalue weighted by Crippen LogP contribution is -2.24. The second kappa shape index (κ2) is 9.44. The molecule has 6 nitrogen and oxygen atoms in total. The van der Waals surface area contributed by atoms with E-state index in [1.807, 2.05) is 31.2 Å². The first-order valence-electron chi connectivity index (χ1n) is 7.94.